The van der Waals surface area contributed by atoms with Gasteiger partial charge in [0.2, 0.25) is 0 Å². The van der Waals surface area contributed by atoms with Crippen LogP contribution in [0.3, 0.4) is 0 Å². The lowest BCUT2D eigenvalue weighted by Crippen LogP contribution is -2.32. The molecule has 0 rings (SSSR count). The summed E-state index contributed by atoms with van der Waals surface area (Å²) in [7, 11) is 0. The smallest absolute Gasteiger partial charge is 0.100 e. The third-order valence-electron chi connectivity index (χ3n) is 2.26. The molecule has 0 aliphatic heterocycles. The predicted molar refractivity (Wildman–Crippen MR) is 68.3 cm³/mol. The van der Waals surface area contributed by atoms with Crippen molar-refractivity contribution >= 4 is 12.6 Å². The molecule has 0 amide bonds. The van der Waals surface area contributed by atoms with E-state index in [0.717, 1.165) is 0 Å². The molecule has 6 heteroatoms. The van der Waals surface area contributed by atoms with Crippen molar-refractivity contribution in [3.8, 4) is 0 Å². The zero-order valence-electron chi connectivity index (χ0n) is 10.5. The summed E-state index contributed by atoms with van der Waals surface area (Å²) in [5.74, 6) is 0.588. The first-order valence-electron chi connectivity index (χ1n) is 5.78. The average molecular weight is 268 g/mol. The maximum Gasteiger partial charge on any atom is 0.100 e. The second-order valence-electron chi connectivity index (χ2n) is 4.33. The standard InChI is InChI=1S/C11H24O5S/c1-8(2)11(16-5-9(13)3-12)6-15-4-10(14)7-17/h8-14,17H,3-7H2,1-2H3. The van der Waals surface area contributed by atoms with Crippen LogP contribution in [0.25, 0.3) is 0 Å². The number of ether oxygens (including phenoxy) is 2. The van der Waals surface area contributed by atoms with Gasteiger partial charge in [-0.25, -0.2) is 0 Å². The zero-order valence-corrected chi connectivity index (χ0v) is 11.3. The van der Waals surface area contributed by atoms with Gasteiger partial charge in [-0.1, -0.05) is 13.8 Å². The molecule has 3 unspecified atom stereocenters. The van der Waals surface area contributed by atoms with E-state index in [1.165, 1.54) is 0 Å². The summed E-state index contributed by atoms with van der Waals surface area (Å²) in [6, 6.07) is 0. The Morgan fingerprint density at radius 1 is 1.06 bits per heavy atom. The van der Waals surface area contributed by atoms with Crippen molar-refractivity contribution in [3.63, 3.8) is 0 Å². The number of thiol groups is 1. The van der Waals surface area contributed by atoms with E-state index in [1.54, 1.807) is 0 Å². The number of hydrogen-bond acceptors (Lipinski definition) is 6. The lowest BCUT2D eigenvalue weighted by Gasteiger charge is -2.23. The van der Waals surface area contributed by atoms with Gasteiger partial charge in [-0.3, -0.25) is 0 Å². The van der Waals surface area contributed by atoms with Crippen LogP contribution < -0.4 is 0 Å². The fourth-order valence-corrected chi connectivity index (χ4v) is 1.20. The van der Waals surface area contributed by atoms with Crippen LogP contribution in [0.1, 0.15) is 13.8 Å². The molecule has 0 bridgehead atoms. The van der Waals surface area contributed by atoms with Crippen molar-refractivity contribution in [2.45, 2.75) is 32.2 Å². The number of aliphatic hydroxyl groups excluding tert-OH is 3. The quantitative estimate of drug-likeness (QED) is 0.409. The summed E-state index contributed by atoms with van der Waals surface area (Å²) in [6.45, 7) is 4.30. The van der Waals surface area contributed by atoms with E-state index in [0.29, 0.717) is 12.4 Å². The second-order valence-corrected chi connectivity index (χ2v) is 4.69. The molecule has 5 nitrogen and oxygen atoms in total. The minimum Gasteiger partial charge on any atom is -0.394 e. The monoisotopic (exact) mass is 268 g/mol. The molecule has 0 aliphatic carbocycles. The Morgan fingerprint density at radius 2 is 1.71 bits per heavy atom. The highest BCUT2D eigenvalue weighted by Gasteiger charge is 2.16. The van der Waals surface area contributed by atoms with Gasteiger partial charge in [-0.05, 0) is 5.92 Å². The van der Waals surface area contributed by atoms with Gasteiger partial charge in [0.25, 0.3) is 0 Å². The molecular weight excluding hydrogens is 244 g/mol. The molecule has 104 valence electrons. The molecule has 3 N–H and O–H groups in total. The first-order chi connectivity index (χ1) is 8.01. The van der Waals surface area contributed by atoms with Crippen molar-refractivity contribution in [2.75, 3.05) is 32.2 Å². The zero-order chi connectivity index (χ0) is 13.3. The van der Waals surface area contributed by atoms with Gasteiger partial charge in [0, 0.05) is 5.75 Å². The van der Waals surface area contributed by atoms with Crippen LogP contribution in [0, 0.1) is 5.92 Å². The molecule has 0 heterocycles. The Bertz CT molecular complexity index is 179. The fraction of sp³-hybridized carbons (Fsp3) is 1.00. The lowest BCUT2D eigenvalue weighted by atomic mass is 10.1. The van der Waals surface area contributed by atoms with Crippen LogP contribution >= 0.6 is 12.6 Å². The molecule has 3 atom stereocenters. The average Bonchev–Trinajstić information content (AvgIpc) is 2.31. The molecule has 0 saturated carbocycles. The van der Waals surface area contributed by atoms with Gasteiger partial charge < -0.3 is 24.8 Å². The lowest BCUT2D eigenvalue weighted by molar-refractivity contribution is -0.0828. The number of aliphatic hydroxyl groups is 3. The minimum absolute atomic E-state index is 0.0812. The van der Waals surface area contributed by atoms with E-state index in [2.05, 4.69) is 12.6 Å². The molecule has 0 aliphatic rings. The summed E-state index contributed by atoms with van der Waals surface area (Å²) in [4.78, 5) is 0. The molecule has 0 spiro atoms. The normalized spacial score (nSPS) is 17.1. The Morgan fingerprint density at radius 3 is 2.18 bits per heavy atom. The Kier molecular flexibility index (Phi) is 10.2. The van der Waals surface area contributed by atoms with E-state index in [-0.39, 0.29) is 31.8 Å². The van der Waals surface area contributed by atoms with Crippen LogP contribution in [-0.2, 0) is 9.47 Å². The predicted octanol–water partition coefficient (Wildman–Crippen LogP) is -0.312. The summed E-state index contributed by atoms with van der Waals surface area (Å²) in [5.41, 5.74) is 0. The first kappa shape index (κ1) is 17.2. The van der Waals surface area contributed by atoms with Gasteiger partial charge in [-0.2, -0.15) is 12.6 Å². The van der Waals surface area contributed by atoms with E-state index in [1.807, 2.05) is 13.8 Å². The largest absolute Gasteiger partial charge is 0.394 e. The SMILES string of the molecule is CC(C)C(COCC(O)CS)OCC(O)CO. The molecule has 0 aromatic heterocycles. The molecule has 0 saturated heterocycles. The third kappa shape index (κ3) is 8.82. The van der Waals surface area contributed by atoms with E-state index >= 15 is 0 Å². The van der Waals surface area contributed by atoms with Crippen LogP contribution in [-0.4, -0.2) is 65.8 Å². The highest BCUT2D eigenvalue weighted by molar-refractivity contribution is 7.80. The van der Waals surface area contributed by atoms with Crippen molar-refractivity contribution in [2.24, 2.45) is 5.92 Å². The third-order valence-corrected chi connectivity index (χ3v) is 2.68. The highest BCUT2D eigenvalue weighted by atomic mass is 32.1. The Balaban J connectivity index is 3.82. The van der Waals surface area contributed by atoms with Crippen LogP contribution in [0.5, 0.6) is 0 Å². The maximum absolute atomic E-state index is 9.25. The van der Waals surface area contributed by atoms with Gasteiger partial charge >= 0.3 is 0 Å². The summed E-state index contributed by atoms with van der Waals surface area (Å²) < 4.78 is 10.7. The van der Waals surface area contributed by atoms with Gasteiger partial charge in [-0.15, -0.1) is 0 Å². The summed E-state index contributed by atoms with van der Waals surface area (Å²) in [6.07, 6.45) is -1.60. The number of rotatable bonds is 10. The minimum atomic E-state index is -0.862. The van der Waals surface area contributed by atoms with E-state index in [4.69, 9.17) is 14.6 Å². The van der Waals surface area contributed by atoms with Gasteiger partial charge in [0.05, 0.1) is 38.6 Å². The van der Waals surface area contributed by atoms with Crippen molar-refractivity contribution in [3.05, 3.63) is 0 Å². The molecular formula is C11H24O5S. The van der Waals surface area contributed by atoms with Gasteiger partial charge in [0.1, 0.15) is 6.10 Å². The van der Waals surface area contributed by atoms with Gasteiger partial charge in [0.15, 0.2) is 0 Å². The molecule has 0 aromatic carbocycles. The molecule has 0 fully saturated rings. The number of hydrogen-bond donors (Lipinski definition) is 4. The second kappa shape index (κ2) is 10.1. The molecule has 0 radical (unpaired) electrons. The Hall–Kier alpha value is 0.150. The molecule has 17 heavy (non-hydrogen) atoms. The van der Waals surface area contributed by atoms with E-state index < -0.39 is 12.2 Å². The summed E-state index contributed by atoms with van der Waals surface area (Å²) >= 11 is 3.94. The van der Waals surface area contributed by atoms with Crippen molar-refractivity contribution in [1.29, 1.82) is 0 Å². The van der Waals surface area contributed by atoms with Crippen LogP contribution in [0.2, 0.25) is 0 Å². The van der Waals surface area contributed by atoms with Crippen LogP contribution in [0.15, 0.2) is 0 Å². The Labute approximate surface area is 108 Å². The molecule has 0 aromatic rings. The fourth-order valence-electron chi connectivity index (χ4n) is 1.09. The van der Waals surface area contributed by atoms with Crippen molar-refractivity contribution in [1.82, 2.24) is 0 Å². The highest BCUT2D eigenvalue weighted by Crippen LogP contribution is 2.08. The van der Waals surface area contributed by atoms with E-state index in [9.17, 15) is 10.2 Å². The maximum atomic E-state index is 9.25. The first-order valence-corrected chi connectivity index (χ1v) is 6.41. The van der Waals surface area contributed by atoms with Crippen LogP contribution in [0.4, 0.5) is 0 Å². The van der Waals surface area contributed by atoms with Crippen molar-refractivity contribution < 1.29 is 24.8 Å². The topological polar surface area (TPSA) is 79.2 Å². The summed E-state index contributed by atoms with van der Waals surface area (Å²) in [5, 5.41) is 27.1.